The van der Waals surface area contributed by atoms with Gasteiger partial charge >= 0.3 is 0 Å². The molecule has 2 aromatic rings. The molecular weight excluding hydrogens is 418 g/mol. The van der Waals surface area contributed by atoms with Crippen molar-refractivity contribution in [3.63, 3.8) is 0 Å². The number of nitrogens with zero attached hydrogens (tertiary/aromatic N) is 1. The summed E-state index contributed by atoms with van der Waals surface area (Å²) in [5.41, 5.74) is 3.65. The number of halogens is 1. The first kappa shape index (κ1) is 24.2. The minimum atomic E-state index is -0.750. The highest BCUT2D eigenvalue weighted by molar-refractivity contribution is 6.30. The van der Waals surface area contributed by atoms with Gasteiger partial charge in [0, 0.05) is 10.6 Å². The first-order valence-electron chi connectivity index (χ1n) is 10.1. The molecule has 0 aliphatic carbocycles. The fourth-order valence-corrected chi connectivity index (χ4v) is 2.87. The molecule has 31 heavy (non-hydrogen) atoms. The van der Waals surface area contributed by atoms with Crippen LogP contribution in [0.1, 0.15) is 43.6 Å². The Morgan fingerprint density at radius 1 is 1.03 bits per heavy atom. The van der Waals surface area contributed by atoms with Crippen molar-refractivity contribution in [3.8, 4) is 11.5 Å². The van der Waals surface area contributed by atoms with Crippen molar-refractivity contribution >= 4 is 29.6 Å². The summed E-state index contributed by atoms with van der Waals surface area (Å²) in [7, 11) is 0. The zero-order valence-electron chi connectivity index (χ0n) is 18.1. The van der Waals surface area contributed by atoms with Gasteiger partial charge in [0.05, 0.1) is 19.4 Å². The first-order chi connectivity index (χ1) is 14.8. The highest BCUT2D eigenvalue weighted by Crippen LogP contribution is 2.28. The number of benzene rings is 2. The fraction of sp³-hybridized carbons (Fsp3) is 0.348. The number of carbonyl (C=O) groups is 2. The monoisotopic (exact) mass is 445 g/mol. The molecule has 0 heterocycles. The average molecular weight is 446 g/mol. The Hall–Kier alpha value is -3.06. The van der Waals surface area contributed by atoms with Gasteiger partial charge in [0.1, 0.15) is 6.04 Å². The van der Waals surface area contributed by atoms with E-state index in [2.05, 4.69) is 15.8 Å². The van der Waals surface area contributed by atoms with Crippen LogP contribution < -0.4 is 20.2 Å². The molecule has 0 bridgehead atoms. The van der Waals surface area contributed by atoms with Gasteiger partial charge in [-0.3, -0.25) is 9.59 Å². The maximum absolute atomic E-state index is 12.6. The lowest BCUT2D eigenvalue weighted by molar-refractivity contribution is -0.123. The minimum Gasteiger partial charge on any atom is -0.490 e. The molecule has 1 atom stereocenters. The van der Waals surface area contributed by atoms with Crippen LogP contribution in [0.3, 0.4) is 0 Å². The number of ether oxygens (including phenoxy) is 2. The van der Waals surface area contributed by atoms with E-state index in [1.165, 1.54) is 6.21 Å². The molecule has 2 aromatic carbocycles. The molecule has 166 valence electrons. The van der Waals surface area contributed by atoms with Crippen LogP contribution in [0.5, 0.6) is 11.5 Å². The zero-order chi connectivity index (χ0) is 22.8. The SMILES string of the molecule is CCOc1ccc(/C=N\NC(=O)C(NC(=O)c2ccc(Cl)cc2)C(C)C)cc1OCC. The van der Waals surface area contributed by atoms with Crippen LogP contribution in [-0.4, -0.2) is 37.3 Å². The maximum Gasteiger partial charge on any atom is 0.262 e. The summed E-state index contributed by atoms with van der Waals surface area (Å²) < 4.78 is 11.1. The summed E-state index contributed by atoms with van der Waals surface area (Å²) in [5.74, 6) is 0.346. The number of hydrogen-bond acceptors (Lipinski definition) is 5. The van der Waals surface area contributed by atoms with Crippen molar-refractivity contribution in [1.82, 2.24) is 10.7 Å². The third-order valence-electron chi connectivity index (χ3n) is 4.30. The smallest absolute Gasteiger partial charge is 0.262 e. The van der Waals surface area contributed by atoms with Crippen LogP contribution in [-0.2, 0) is 4.79 Å². The summed E-state index contributed by atoms with van der Waals surface area (Å²) >= 11 is 5.86. The molecule has 7 nitrogen and oxygen atoms in total. The van der Waals surface area contributed by atoms with E-state index >= 15 is 0 Å². The summed E-state index contributed by atoms with van der Waals surface area (Å²) in [6.45, 7) is 8.51. The third kappa shape index (κ3) is 7.29. The Balaban J connectivity index is 2.04. The Morgan fingerprint density at radius 3 is 2.29 bits per heavy atom. The maximum atomic E-state index is 12.6. The van der Waals surface area contributed by atoms with Gasteiger partial charge in [-0.1, -0.05) is 25.4 Å². The van der Waals surface area contributed by atoms with Crippen LogP contribution in [0.4, 0.5) is 0 Å². The summed E-state index contributed by atoms with van der Waals surface area (Å²) in [6.07, 6.45) is 1.51. The van der Waals surface area contributed by atoms with Gasteiger partial charge in [-0.15, -0.1) is 0 Å². The lowest BCUT2D eigenvalue weighted by Crippen LogP contribution is -2.48. The molecular formula is C23H28ClN3O4. The van der Waals surface area contributed by atoms with Crippen molar-refractivity contribution in [3.05, 3.63) is 58.6 Å². The standard InChI is InChI=1S/C23H28ClN3O4/c1-5-30-19-12-7-16(13-20(19)31-6-2)14-25-27-23(29)21(15(3)4)26-22(28)17-8-10-18(24)11-9-17/h7-15,21H,5-6H2,1-4H3,(H,26,28)(H,27,29)/b25-14-. The van der Waals surface area contributed by atoms with Crippen molar-refractivity contribution in [1.29, 1.82) is 0 Å². The average Bonchev–Trinajstić information content (AvgIpc) is 2.74. The van der Waals surface area contributed by atoms with Crippen LogP contribution in [0.25, 0.3) is 0 Å². The van der Waals surface area contributed by atoms with Gasteiger partial charge in [0.2, 0.25) is 0 Å². The molecule has 0 saturated carbocycles. The summed E-state index contributed by atoms with van der Waals surface area (Å²) in [6, 6.07) is 11.1. The van der Waals surface area contributed by atoms with Crippen LogP contribution in [0.2, 0.25) is 5.02 Å². The summed E-state index contributed by atoms with van der Waals surface area (Å²) in [4.78, 5) is 25.1. The van der Waals surface area contributed by atoms with Crippen LogP contribution in [0, 0.1) is 5.92 Å². The van der Waals surface area contributed by atoms with E-state index in [0.29, 0.717) is 35.3 Å². The minimum absolute atomic E-state index is 0.138. The predicted molar refractivity (Wildman–Crippen MR) is 122 cm³/mol. The van der Waals surface area contributed by atoms with Gasteiger partial charge in [-0.05, 0) is 67.8 Å². The Labute approximate surface area is 187 Å². The molecule has 2 amide bonds. The van der Waals surface area contributed by atoms with Gasteiger partial charge < -0.3 is 14.8 Å². The lowest BCUT2D eigenvalue weighted by atomic mass is 10.0. The lowest BCUT2D eigenvalue weighted by Gasteiger charge is -2.20. The summed E-state index contributed by atoms with van der Waals surface area (Å²) in [5, 5.41) is 7.30. The molecule has 8 heteroatoms. The third-order valence-corrected chi connectivity index (χ3v) is 4.55. The molecule has 0 radical (unpaired) electrons. The molecule has 2 rings (SSSR count). The molecule has 0 aliphatic heterocycles. The van der Waals surface area contributed by atoms with Crippen molar-refractivity contribution in [2.24, 2.45) is 11.0 Å². The van der Waals surface area contributed by atoms with E-state index in [1.54, 1.807) is 36.4 Å². The normalized spacial score (nSPS) is 11.9. The number of carbonyl (C=O) groups excluding carboxylic acids is 2. The Morgan fingerprint density at radius 2 is 1.68 bits per heavy atom. The topological polar surface area (TPSA) is 89.0 Å². The molecule has 0 saturated heterocycles. The zero-order valence-corrected chi connectivity index (χ0v) is 18.9. The molecule has 1 unspecified atom stereocenters. The highest BCUT2D eigenvalue weighted by Gasteiger charge is 2.24. The van der Waals surface area contributed by atoms with E-state index < -0.39 is 11.9 Å². The Bertz CT molecular complexity index is 914. The van der Waals surface area contributed by atoms with Crippen LogP contribution >= 0.6 is 11.6 Å². The van der Waals surface area contributed by atoms with E-state index in [-0.39, 0.29) is 11.8 Å². The van der Waals surface area contributed by atoms with E-state index in [1.807, 2.05) is 33.8 Å². The number of hydrogen-bond donors (Lipinski definition) is 2. The second kappa shape index (κ2) is 12.0. The van der Waals surface area contributed by atoms with Gasteiger partial charge in [0.15, 0.2) is 11.5 Å². The molecule has 0 fully saturated rings. The number of rotatable bonds is 10. The van der Waals surface area contributed by atoms with E-state index in [4.69, 9.17) is 21.1 Å². The number of amides is 2. The fourth-order valence-electron chi connectivity index (χ4n) is 2.75. The molecule has 2 N–H and O–H groups in total. The van der Waals surface area contributed by atoms with Crippen molar-refractivity contribution < 1.29 is 19.1 Å². The largest absolute Gasteiger partial charge is 0.490 e. The van der Waals surface area contributed by atoms with Gasteiger partial charge in [0.25, 0.3) is 11.8 Å². The van der Waals surface area contributed by atoms with Crippen molar-refractivity contribution in [2.75, 3.05) is 13.2 Å². The quantitative estimate of drug-likeness (QED) is 0.426. The van der Waals surface area contributed by atoms with E-state index in [0.717, 1.165) is 5.56 Å². The van der Waals surface area contributed by atoms with Crippen LogP contribution in [0.15, 0.2) is 47.6 Å². The molecule has 0 spiro atoms. The van der Waals surface area contributed by atoms with E-state index in [9.17, 15) is 9.59 Å². The van der Waals surface area contributed by atoms with Gasteiger partial charge in [-0.25, -0.2) is 5.43 Å². The second-order valence-electron chi connectivity index (χ2n) is 7.01. The second-order valence-corrected chi connectivity index (χ2v) is 7.44. The molecule has 0 aliphatic rings. The number of hydrazone groups is 1. The van der Waals surface area contributed by atoms with Gasteiger partial charge in [-0.2, -0.15) is 5.10 Å². The van der Waals surface area contributed by atoms with Crippen molar-refractivity contribution in [2.45, 2.75) is 33.7 Å². The Kier molecular flexibility index (Phi) is 9.34. The highest BCUT2D eigenvalue weighted by atomic mass is 35.5. The first-order valence-corrected chi connectivity index (χ1v) is 10.5. The molecule has 0 aromatic heterocycles. The number of nitrogens with one attached hydrogen (secondary N) is 2. The predicted octanol–water partition coefficient (Wildman–Crippen LogP) is 4.04.